The molecule has 1 aliphatic heterocycles. The third kappa shape index (κ3) is 5.66. The zero-order chi connectivity index (χ0) is 16.6. The first kappa shape index (κ1) is 17.5. The maximum atomic E-state index is 2.63. The lowest BCUT2D eigenvalue weighted by atomic mass is 10.2. The van der Waals surface area contributed by atoms with Gasteiger partial charge in [0.2, 0.25) is 0 Å². The summed E-state index contributed by atoms with van der Waals surface area (Å²) in [4.78, 5) is 6.59. The highest BCUT2D eigenvalue weighted by Crippen LogP contribution is 2.25. The van der Waals surface area contributed by atoms with Crippen molar-refractivity contribution in [3.63, 3.8) is 0 Å². The lowest BCUT2D eigenvalue weighted by Gasteiger charge is -2.35. The van der Waals surface area contributed by atoms with Crippen LogP contribution in [0.2, 0.25) is 0 Å². The predicted octanol–water partition coefficient (Wildman–Crippen LogP) is 4.38. The third-order valence-corrected chi connectivity index (χ3v) is 5.83. The van der Waals surface area contributed by atoms with Gasteiger partial charge in [-0.1, -0.05) is 55.5 Å². The highest BCUT2D eigenvalue weighted by Gasteiger charge is 2.17. The predicted molar refractivity (Wildman–Crippen MR) is 105 cm³/mol. The fraction of sp³-hybridized carbons (Fsp3) is 0.429. The Labute approximate surface area is 150 Å². The maximum Gasteiger partial charge on any atom is 0.0234 e. The van der Waals surface area contributed by atoms with Crippen LogP contribution in [0.1, 0.15) is 18.9 Å². The molecule has 128 valence electrons. The minimum atomic E-state index is 0.676. The molecule has 0 amide bonds. The molecule has 1 saturated heterocycles. The average molecular weight is 341 g/mol. The normalized spacial score (nSPS) is 17.7. The second-order valence-electron chi connectivity index (χ2n) is 6.63. The van der Waals surface area contributed by atoms with Gasteiger partial charge < -0.3 is 4.90 Å². The number of thioether (sulfide) groups is 1. The van der Waals surface area contributed by atoms with Gasteiger partial charge in [-0.25, -0.2) is 0 Å². The van der Waals surface area contributed by atoms with Crippen molar-refractivity contribution in [1.82, 2.24) is 9.80 Å². The van der Waals surface area contributed by atoms with Crippen molar-refractivity contribution in [1.29, 1.82) is 0 Å². The molecule has 2 aromatic rings. The zero-order valence-electron chi connectivity index (χ0n) is 14.6. The van der Waals surface area contributed by atoms with Crippen LogP contribution in [-0.2, 0) is 6.54 Å². The quantitative estimate of drug-likeness (QED) is 0.691. The van der Waals surface area contributed by atoms with Gasteiger partial charge in [0.15, 0.2) is 0 Å². The molecule has 1 aliphatic rings. The van der Waals surface area contributed by atoms with Crippen LogP contribution in [0.3, 0.4) is 0 Å². The van der Waals surface area contributed by atoms with Crippen LogP contribution < -0.4 is 0 Å². The molecule has 2 nitrogen and oxygen atoms in total. The first-order valence-electron chi connectivity index (χ1n) is 9.00. The van der Waals surface area contributed by atoms with E-state index in [4.69, 9.17) is 0 Å². The van der Waals surface area contributed by atoms with Gasteiger partial charge in [-0.05, 0) is 30.7 Å². The number of hydrogen-bond acceptors (Lipinski definition) is 3. The van der Waals surface area contributed by atoms with Gasteiger partial charge in [-0.3, -0.25) is 4.90 Å². The molecule has 1 fully saturated rings. The topological polar surface area (TPSA) is 6.48 Å². The van der Waals surface area contributed by atoms with E-state index in [2.05, 4.69) is 77.4 Å². The van der Waals surface area contributed by atoms with Crippen molar-refractivity contribution in [3.05, 3.63) is 66.2 Å². The van der Waals surface area contributed by atoms with Gasteiger partial charge in [0, 0.05) is 42.9 Å². The summed E-state index contributed by atoms with van der Waals surface area (Å²) in [6.45, 7) is 9.45. The third-order valence-electron chi connectivity index (χ3n) is 4.65. The number of hydrogen-bond donors (Lipinski definition) is 0. The Morgan fingerprint density at radius 3 is 2.08 bits per heavy atom. The summed E-state index contributed by atoms with van der Waals surface area (Å²) in [7, 11) is 0. The van der Waals surface area contributed by atoms with Crippen LogP contribution in [0.5, 0.6) is 0 Å². The molecule has 2 aromatic carbocycles. The van der Waals surface area contributed by atoms with Gasteiger partial charge in [-0.15, -0.1) is 11.8 Å². The van der Waals surface area contributed by atoms with E-state index in [0.717, 1.165) is 6.54 Å². The largest absolute Gasteiger partial charge is 0.301 e. The summed E-state index contributed by atoms with van der Waals surface area (Å²) in [6, 6.07) is 21.6. The Morgan fingerprint density at radius 1 is 0.833 bits per heavy atom. The van der Waals surface area contributed by atoms with E-state index in [0.29, 0.717) is 5.25 Å². The summed E-state index contributed by atoms with van der Waals surface area (Å²) >= 11 is 2.00. The minimum Gasteiger partial charge on any atom is -0.301 e. The lowest BCUT2D eigenvalue weighted by Crippen LogP contribution is -2.46. The minimum absolute atomic E-state index is 0.676. The van der Waals surface area contributed by atoms with E-state index < -0.39 is 0 Å². The van der Waals surface area contributed by atoms with Gasteiger partial charge in [0.05, 0.1) is 0 Å². The Kier molecular flexibility index (Phi) is 6.76. The first-order valence-corrected chi connectivity index (χ1v) is 9.88. The first-order chi connectivity index (χ1) is 11.8. The van der Waals surface area contributed by atoms with E-state index in [-0.39, 0.29) is 0 Å². The van der Waals surface area contributed by atoms with Crippen molar-refractivity contribution in [3.8, 4) is 0 Å². The summed E-state index contributed by atoms with van der Waals surface area (Å²) in [5.74, 6) is 0. The van der Waals surface area contributed by atoms with Crippen LogP contribution >= 0.6 is 11.8 Å². The number of piperazine rings is 1. The van der Waals surface area contributed by atoms with Crippen LogP contribution in [0.25, 0.3) is 0 Å². The van der Waals surface area contributed by atoms with Crippen molar-refractivity contribution >= 4 is 11.8 Å². The Bertz CT molecular complexity index is 579. The molecule has 1 unspecified atom stereocenters. The molecule has 0 bridgehead atoms. The van der Waals surface area contributed by atoms with Crippen molar-refractivity contribution in [2.24, 2.45) is 0 Å². The van der Waals surface area contributed by atoms with Gasteiger partial charge in [-0.2, -0.15) is 0 Å². The summed E-state index contributed by atoms with van der Waals surface area (Å²) in [5, 5.41) is 0.676. The molecule has 24 heavy (non-hydrogen) atoms. The number of benzene rings is 2. The fourth-order valence-corrected chi connectivity index (χ4v) is 4.17. The molecule has 0 radical (unpaired) electrons. The number of nitrogens with zero attached hydrogens (tertiary/aromatic N) is 2. The van der Waals surface area contributed by atoms with Crippen LogP contribution in [0, 0.1) is 0 Å². The van der Waals surface area contributed by atoms with E-state index >= 15 is 0 Å². The molecule has 0 spiro atoms. The van der Waals surface area contributed by atoms with Gasteiger partial charge in [0.25, 0.3) is 0 Å². The van der Waals surface area contributed by atoms with Crippen molar-refractivity contribution < 1.29 is 0 Å². The molecule has 0 N–H and O–H groups in total. The molecule has 0 aliphatic carbocycles. The highest BCUT2D eigenvalue weighted by molar-refractivity contribution is 7.99. The molecule has 1 heterocycles. The second-order valence-corrected chi connectivity index (χ2v) is 8.15. The van der Waals surface area contributed by atoms with E-state index in [1.807, 2.05) is 11.8 Å². The van der Waals surface area contributed by atoms with Crippen molar-refractivity contribution in [2.75, 3.05) is 32.7 Å². The molecule has 3 heteroatoms. The van der Waals surface area contributed by atoms with Crippen LogP contribution in [-0.4, -0.2) is 47.8 Å². The Balaban J connectivity index is 1.35. The van der Waals surface area contributed by atoms with Crippen LogP contribution in [0.15, 0.2) is 65.6 Å². The highest BCUT2D eigenvalue weighted by atomic mass is 32.2. The summed E-state index contributed by atoms with van der Waals surface area (Å²) < 4.78 is 0. The second kappa shape index (κ2) is 9.26. The van der Waals surface area contributed by atoms with Gasteiger partial charge in [0.1, 0.15) is 0 Å². The van der Waals surface area contributed by atoms with Crippen molar-refractivity contribution in [2.45, 2.75) is 30.0 Å². The molecular formula is C21H28N2S. The Hall–Kier alpha value is -1.29. The SMILES string of the molecule is CC(CCN1CCN(Cc2ccccc2)CC1)Sc1ccccc1. The summed E-state index contributed by atoms with van der Waals surface area (Å²) in [5.41, 5.74) is 1.43. The molecule has 0 aromatic heterocycles. The molecule has 1 atom stereocenters. The fourth-order valence-electron chi connectivity index (χ4n) is 3.17. The number of rotatable bonds is 7. The molecule has 3 rings (SSSR count). The molecular weight excluding hydrogens is 312 g/mol. The smallest absolute Gasteiger partial charge is 0.0234 e. The standard InChI is InChI=1S/C21H28N2S/c1-19(24-21-10-6-3-7-11-21)12-13-22-14-16-23(17-15-22)18-20-8-4-2-5-9-20/h2-11,19H,12-18H2,1H3. The van der Waals surface area contributed by atoms with E-state index in [1.54, 1.807) is 0 Å². The zero-order valence-corrected chi connectivity index (χ0v) is 15.4. The van der Waals surface area contributed by atoms with Crippen LogP contribution in [0.4, 0.5) is 0 Å². The maximum absolute atomic E-state index is 2.63. The lowest BCUT2D eigenvalue weighted by molar-refractivity contribution is 0.126. The van der Waals surface area contributed by atoms with Gasteiger partial charge >= 0.3 is 0 Å². The molecule has 0 saturated carbocycles. The summed E-state index contributed by atoms with van der Waals surface area (Å²) in [6.07, 6.45) is 1.26. The average Bonchev–Trinajstić information content (AvgIpc) is 2.63. The van der Waals surface area contributed by atoms with E-state index in [1.165, 1.54) is 49.6 Å². The monoisotopic (exact) mass is 340 g/mol. The van der Waals surface area contributed by atoms with E-state index in [9.17, 15) is 0 Å². The Morgan fingerprint density at radius 2 is 1.42 bits per heavy atom.